The number of carbonyl (C=O) groups is 1. The van der Waals surface area contributed by atoms with Gasteiger partial charge in [-0.2, -0.15) is 0 Å². The molecule has 74 valence electrons. The first-order valence-corrected chi connectivity index (χ1v) is 4.11. The number of hydrogen-bond donors (Lipinski definition) is 1. The second kappa shape index (κ2) is 5.14. The van der Waals surface area contributed by atoms with Gasteiger partial charge in [0.25, 0.3) is 0 Å². The van der Waals surface area contributed by atoms with Crippen LogP contribution in [-0.4, -0.2) is 22.7 Å². The van der Waals surface area contributed by atoms with Gasteiger partial charge in [-0.15, -0.1) is 6.58 Å². The first kappa shape index (κ1) is 10.4. The average Bonchev–Trinajstić information content (AvgIpc) is 2.19. The second-order valence-corrected chi connectivity index (χ2v) is 2.65. The number of nitrogens with zero attached hydrogens (tertiary/aromatic N) is 1. The summed E-state index contributed by atoms with van der Waals surface area (Å²) in [5.41, 5.74) is 0.884. The molecule has 0 aliphatic carbocycles. The van der Waals surface area contributed by atoms with Crippen LogP contribution in [0.5, 0.6) is 0 Å². The Bertz CT molecular complexity index is 319. The molecule has 0 unspecified atom stereocenters. The number of pyridine rings is 1. The van der Waals surface area contributed by atoms with Crippen molar-refractivity contribution in [3.63, 3.8) is 0 Å². The Morgan fingerprint density at radius 2 is 2.43 bits per heavy atom. The van der Waals surface area contributed by atoms with Crippen molar-refractivity contribution < 1.29 is 14.6 Å². The Labute approximate surface area is 81.9 Å². The van der Waals surface area contributed by atoms with E-state index >= 15 is 0 Å². The van der Waals surface area contributed by atoms with Gasteiger partial charge in [-0.25, -0.2) is 4.79 Å². The largest absolute Gasteiger partial charge is 0.478 e. The van der Waals surface area contributed by atoms with Crippen LogP contribution in [0.4, 0.5) is 0 Å². The summed E-state index contributed by atoms with van der Waals surface area (Å²) in [6.07, 6.45) is 2.96. The molecule has 1 aromatic rings. The fraction of sp³-hybridized carbons (Fsp3) is 0.200. The number of rotatable bonds is 5. The zero-order valence-corrected chi connectivity index (χ0v) is 7.64. The van der Waals surface area contributed by atoms with Gasteiger partial charge in [-0.3, -0.25) is 4.98 Å². The van der Waals surface area contributed by atoms with Crippen molar-refractivity contribution in [2.24, 2.45) is 0 Å². The molecule has 1 rings (SSSR count). The minimum atomic E-state index is -0.976. The fourth-order valence-corrected chi connectivity index (χ4v) is 0.883. The molecule has 0 bridgehead atoms. The number of carboxylic acids is 1. The van der Waals surface area contributed by atoms with Gasteiger partial charge >= 0.3 is 5.97 Å². The molecule has 0 saturated heterocycles. The first-order chi connectivity index (χ1) is 6.74. The summed E-state index contributed by atoms with van der Waals surface area (Å²) in [5, 5.41) is 8.61. The summed E-state index contributed by atoms with van der Waals surface area (Å²) in [6.45, 7) is 4.33. The molecule has 0 aliphatic rings. The van der Waals surface area contributed by atoms with Crippen LogP contribution in [0.2, 0.25) is 0 Å². The van der Waals surface area contributed by atoms with E-state index in [0.717, 1.165) is 0 Å². The Morgan fingerprint density at radius 1 is 1.64 bits per heavy atom. The molecular formula is C10H11NO3. The molecule has 0 spiro atoms. The minimum absolute atomic E-state index is 0.178. The van der Waals surface area contributed by atoms with Crippen LogP contribution < -0.4 is 0 Å². The van der Waals surface area contributed by atoms with E-state index in [1.54, 1.807) is 12.1 Å². The van der Waals surface area contributed by atoms with Gasteiger partial charge in [0.15, 0.2) is 0 Å². The van der Waals surface area contributed by atoms with Gasteiger partial charge in [0.1, 0.15) is 0 Å². The zero-order chi connectivity index (χ0) is 10.4. The van der Waals surface area contributed by atoms with Crippen LogP contribution in [0.3, 0.4) is 0 Å². The number of aromatic carboxylic acids is 1. The molecule has 0 radical (unpaired) electrons. The van der Waals surface area contributed by atoms with Crippen molar-refractivity contribution in [3.8, 4) is 0 Å². The molecule has 4 nitrogen and oxygen atoms in total. The maximum Gasteiger partial charge on any atom is 0.337 e. The van der Waals surface area contributed by atoms with Gasteiger partial charge in [-0.05, 0) is 12.1 Å². The molecule has 0 fully saturated rings. The third-order valence-corrected chi connectivity index (χ3v) is 1.56. The standard InChI is InChI=1S/C10H11NO3/c1-2-5-14-7-9-4-3-8(6-11-9)10(12)13/h2-4,6H,1,5,7H2,(H,12,13). The maximum atomic E-state index is 10.5. The predicted molar refractivity (Wildman–Crippen MR) is 51.0 cm³/mol. The highest BCUT2D eigenvalue weighted by atomic mass is 16.5. The Hall–Kier alpha value is -1.68. The fourth-order valence-electron chi connectivity index (χ4n) is 0.883. The van der Waals surface area contributed by atoms with Crippen molar-refractivity contribution in [2.75, 3.05) is 6.61 Å². The minimum Gasteiger partial charge on any atom is -0.478 e. The second-order valence-electron chi connectivity index (χ2n) is 2.65. The third-order valence-electron chi connectivity index (χ3n) is 1.56. The molecule has 1 aromatic heterocycles. The summed E-state index contributed by atoms with van der Waals surface area (Å²) >= 11 is 0. The molecule has 0 aromatic carbocycles. The van der Waals surface area contributed by atoms with Crippen LogP contribution in [0.25, 0.3) is 0 Å². The molecule has 1 N–H and O–H groups in total. The topological polar surface area (TPSA) is 59.4 Å². The summed E-state index contributed by atoms with van der Waals surface area (Å²) in [6, 6.07) is 3.13. The molecule has 0 aliphatic heterocycles. The lowest BCUT2D eigenvalue weighted by molar-refractivity contribution is 0.0696. The van der Waals surface area contributed by atoms with Crippen LogP contribution in [-0.2, 0) is 11.3 Å². The molecule has 4 heteroatoms. The summed E-state index contributed by atoms with van der Waals surface area (Å²) < 4.78 is 5.14. The van der Waals surface area contributed by atoms with Crippen molar-refractivity contribution in [3.05, 3.63) is 42.2 Å². The highest BCUT2D eigenvalue weighted by Crippen LogP contribution is 2.01. The van der Waals surface area contributed by atoms with Crippen molar-refractivity contribution in [1.82, 2.24) is 4.98 Å². The van der Waals surface area contributed by atoms with E-state index in [1.165, 1.54) is 12.3 Å². The Balaban J connectivity index is 2.55. The van der Waals surface area contributed by atoms with Crippen LogP contribution in [0, 0.1) is 0 Å². The SMILES string of the molecule is C=CCOCc1ccc(C(=O)O)cn1. The van der Waals surface area contributed by atoms with Gasteiger partial charge in [-0.1, -0.05) is 6.08 Å². The summed E-state index contributed by atoms with van der Waals surface area (Å²) in [5.74, 6) is -0.976. The van der Waals surface area contributed by atoms with Crippen molar-refractivity contribution >= 4 is 5.97 Å². The molecule has 1 heterocycles. The van der Waals surface area contributed by atoms with Gasteiger partial charge in [0.05, 0.1) is 24.5 Å². The van der Waals surface area contributed by atoms with E-state index in [1.807, 2.05) is 0 Å². The van der Waals surface area contributed by atoms with Gasteiger partial charge in [0, 0.05) is 6.20 Å². The maximum absolute atomic E-state index is 10.5. The third kappa shape index (κ3) is 2.99. The molecule has 0 amide bonds. The molecule has 0 saturated carbocycles. The molecule has 0 atom stereocenters. The van der Waals surface area contributed by atoms with E-state index in [4.69, 9.17) is 9.84 Å². The highest BCUT2D eigenvalue weighted by molar-refractivity contribution is 5.87. The van der Waals surface area contributed by atoms with Crippen LogP contribution in [0.1, 0.15) is 16.1 Å². The van der Waals surface area contributed by atoms with E-state index in [0.29, 0.717) is 18.9 Å². The molecular weight excluding hydrogens is 182 g/mol. The Kier molecular flexibility index (Phi) is 3.82. The first-order valence-electron chi connectivity index (χ1n) is 4.11. The number of aromatic nitrogens is 1. The highest BCUT2D eigenvalue weighted by Gasteiger charge is 2.02. The predicted octanol–water partition coefficient (Wildman–Crippen LogP) is 1.48. The zero-order valence-electron chi connectivity index (χ0n) is 7.64. The van der Waals surface area contributed by atoms with Crippen molar-refractivity contribution in [2.45, 2.75) is 6.61 Å². The van der Waals surface area contributed by atoms with E-state index in [2.05, 4.69) is 11.6 Å². The van der Waals surface area contributed by atoms with E-state index in [9.17, 15) is 4.79 Å². The van der Waals surface area contributed by atoms with Crippen LogP contribution in [0.15, 0.2) is 31.0 Å². The summed E-state index contributed by atoms with van der Waals surface area (Å²) in [7, 11) is 0. The summed E-state index contributed by atoms with van der Waals surface area (Å²) in [4.78, 5) is 14.4. The van der Waals surface area contributed by atoms with Gasteiger partial charge < -0.3 is 9.84 Å². The average molecular weight is 193 g/mol. The van der Waals surface area contributed by atoms with Crippen molar-refractivity contribution in [1.29, 1.82) is 0 Å². The number of hydrogen-bond acceptors (Lipinski definition) is 3. The van der Waals surface area contributed by atoms with E-state index in [-0.39, 0.29) is 5.56 Å². The lowest BCUT2D eigenvalue weighted by Gasteiger charge is -2.00. The quantitative estimate of drug-likeness (QED) is 0.568. The van der Waals surface area contributed by atoms with Crippen LogP contribution >= 0.6 is 0 Å². The smallest absolute Gasteiger partial charge is 0.337 e. The molecule has 14 heavy (non-hydrogen) atoms. The lowest BCUT2D eigenvalue weighted by Crippen LogP contribution is -2.00. The number of carboxylic acid groups (broad SMARTS) is 1. The normalized spacial score (nSPS) is 9.71. The lowest BCUT2D eigenvalue weighted by atomic mass is 10.2. The van der Waals surface area contributed by atoms with E-state index < -0.39 is 5.97 Å². The monoisotopic (exact) mass is 193 g/mol. The Morgan fingerprint density at radius 3 is 2.93 bits per heavy atom. The number of ether oxygens (including phenoxy) is 1. The van der Waals surface area contributed by atoms with Gasteiger partial charge in [0.2, 0.25) is 0 Å².